The Labute approximate surface area is 704 Å². The Bertz CT molecular complexity index is 4510. The van der Waals surface area contributed by atoms with Crippen LogP contribution in [-0.2, 0) is 101 Å². The third-order valence-electron chi connectivity index (χ3n) is 18.9. The Morgan fingerprint density at radius 3 is 1.51 bits per heavy atom. The highest BCUT2D eigenvalue weighted by Gasteiger charge is 2.43. The second kappa shape index (κ2) is 46.4. The number of nitrogens with two attached hydrogens (primary N) is 5. The van der Waals surface area contributed by atoms with Gasteiger partial charge in [-0.3, -0.25) is 81.5 Å². The molecule has 5 aromatic rings. The predicted molar refractivity (Wildman–Crippen MR) is 449 cm³/mol. The van der Waals surface area contributed by atoms with Gasteiger partial charge in [0.2, 0.25) is 100 Å². The van der Waals surface area contributed by atoms with Crippen LogP contribution in [0.5, 0.6) is 5.75 Å². The number of rotatable bonds is 50. The minimum Gasteiger partial charge on any atom is -0.492 e. The number of nitrogens with one attached hydrogen (secondary N) is 14. The van der Waals surface area contributed by atoms with Crippen LogP contribution < -0.4 is 103 Å². The number of primary amides is 4. The summed E-state index contributed by atoms with van der Waals surface area (Å²) in [5.74, 6) is -15.6. The molecule has 11 atom stereocenters. The molecule has 38 nitrogen and oxygen atoms in total. The van der Waals surface area contributed by atoms with E-state index in [1.165, 1.54) is 48.5 Å². The third kappa shape index (κ3) is 32.8. The lowest BCUT2D eigenvalue weighted by atomic mass is 9.97. The highest BCUT2D eigenvalue weighted by atomic mass is 32.1. The molecule has 0 aliphatic carbocycles. The van der Waals surface area contributed by atoms with Gasteiger partial charge in [0.15, 0.2) is 0 Å². The number of aromatic amines is 1. The van der Waals surface area contributed by atoms with Gasteiger partial charge in [0, 0.05) is 98.6 Å². The van der Waals surface area contributed by atoms with Crippen molar-refractivity contribution in [3.05, 3.63) is 114 Å². The van der Waals surface area contributed by atoms with Gasteiger partial charge < -0.3 is 113 Å². The van der Waals surface area contributed by atoms with E-state index in [4.69, 9.17) is 46.0 Å². The number of carbonyl (C=O) groups excluding carboxylic acids is 17. The van der Waals surface area contributed by atoms with Gasteiger partial charge in [-0.2, -0.15) is 25.3 Å². The highest BCUT2D eigenvalue weighted by Crippen LogP contribution is 2.25. The molecule has 0 saturated heterocycles. The number of aliphatic hydroxyl groups is 1. The van der Waals surface area contributed by atoms with Crippen molar-refractivity contribution in [1.29, 1.82) is 0 Å². The molecule has 17 amide bonds. The summed E-state index contributed by atoms with van der Waals surface area (Å²) in [6.45, 7) is 12.3. The Balaban J connectivity index is 1.53. The summed E-state index contributed by atoms with van der Waals surface area (Å²) in [5.41, 5.74) is 27.4. The van der Waals surface area contributed by atoms with Gasteiger partial charge in [0.05, 0.1) is 12.5 Å². The van der Waals surface area contributed by atoms with Gasteiger partial charge in [0.25, 0.3) is 0 Å². The molecule has 1 aromatic heterocycles. The van der Waals surface area contributed by atoms with Crippen LogP contribution in [0.3, 0.4) is 0 Å². The van der Waals surface area contributed by atoms with Gasteiger partial charge in [-0.15, -0.1) is 0 Å². The average molecular weight is 1710 g/mol. The van der Waals surface area contributed by atoms with Gasteiger partial charge >= 0.3 is 0 Å². The van der Waals surface area contributed by atoms with E-state index in [9.17, 15) is 62.6 Å². The van der Waals surface area contributed by atoms with E-state index in [1.54, 1.807) is 79.0 Å². The van der Waals surface area contributed by atoms with Gasteiger partial charge in [-0.05, 0) is 126 Å². The second-order valence-electron chi connectivity index (χ2n) is 30.7. The predicted octanol–water partition coefficient (Wildman–Crippen LogP) is -3.05. The number of carbonyl (C=O) groups is 17. The van der Waals surface area contributed by atoms with Crippen LogP contribution in [0.25, 0.3) is 21.7 Å². The molecule has 120 heavy (non-hydrogen) atoms. The molecule has 0 fully saturated rings. The quantitative estimate of drug-likeness (QED) is 0.0136. The van der Waals surface area contributed by atoms with Gasteiger partial charge in [-0.25, -0.2) is 0 Å². The van der Waals surface area contributed by atoms with E-state index in [0.717, 1.165) is 24.6 Å². The number of aliphatic hydroxyl groups excluding tert-OH is 1. The molecule has 654 valence electrons. The number of unbranched alkanes of at least 4 members (excludes halogenated alkanes) is 1. The molecule has 0 saturated carbocycles. The summed E-state index contributed by atoms with van der Waals surface area (Å²) >= 11 is 9.17. The fourth-order valence-electron chi connectivity index (χ4n) is 12.5. The zero-order valence-electron chi connectivity index (χ0n) is 68.5. The first-order chi connectivity index (χ1) is 56.3. The molecule has 0 radical (unpaired) electrons. The first kappa shape index (κ1) is 98.7. The maximum atomic E-state index is 15.5. The lowest BCUT2D eigenvalue weighted by Gasteiger charge is -2.33. The van der Waals surface area contributed by atoms with Gasteiger partial charge in [0.1, 0.15) is 78.3 Å². The topological polar surface area (TPSA) is 622 Å². The second-order valence-corrected chi connectivity index (χ2v) is 33.0. The van der Waals surface area contributed by atoms with Crippen molar-refractivity contribution in [2.45, 2.75) is 221 Å². The van der Waals surface area contributed by atoms with Gasteiger partial charge in [-0.1, -0.05) is 72.8 Å². The van der Waals surface area contributed by atoms with Crippen molar-refractivity contribution < 1.29 is 91.4 Å². The molecular weight excluding hydrogens is 1600 g/mol. The molecule has 4 aromatic carbocycles. The zero-order valence-corrected chi connectivity index (χ0v) is 70.3. The Kier molecular flexibility index (Phi) is 38.2. The first-order valence-corrected chi connectivity index (χ1v) is 39.7. The maximum absolute atomic E-state index is 15.5. The summed E-state index contributed by atoms with van der Waals surface area (Å²) < 4.78 is 2.87. The average Bonchev–Trinajstić information content (AvgIpc) is 1.60. The van der Waals surface area contributed by atoms with E-state index < -0.39 is 208 Å². The molecule has 0 spiro atoms. The fraction of sp³-hybridized carbons (Fsp3) is 0.487. The Morgan fingerprint density at radius 1 is 0.458 bits per heavy atom. The Morgan fingerprint density at radius 2 is 0.942 bits per heavy atom. The Hall–Kier alpha value is -11.9. The number of fused-ring (bicyclic) bond motifs is 2. The van der Waals surface area contributed by atoms with Crippen molar-refractivity contribution in [1.82, 2.24) is 74.1 Å². The standard InChI is InChI=1S/C80H113N19O19S2/c1-42(100)64(97-69(109)54(27-29-60(82)103)91-75(115)65(79(6,7)119)89-44(3)102)74(114)94-58(39-49-41-88-52-19-13-12-18-51(49)52)72(112)90-55(28-30-61(83)104)70(110)98-66(80(8,9)120)76(116)95-56(37-45-22-25-50(26-23-45)118-35-32-81)71(111)92-57(38-46-21-24-47-16-10-11-17-48(47)36-46)73(113)99-78(4,5)77(117)96-53(20-14-15-33-86-43(2)101)68(108)93-59(40-63(85)106)67(107)87-34-31-62(84)105/h10-13,16-19,21-26,36,41-42,53-59,64-66,88,100,119-120H,14-15,20,27-35,37-40,81H2,1-9H3,(H2,82,103)(H2,83,104)(H2,84,105)(H2,85,106)(H,86,101)(H,87,107)(H,89,102)(H,90,112)(H,91,115)(H,92,111)(H,93,108)(H,94,114)(H,95,116)(H,96,117)(H,97,109)(H,98,110)(H,99,113)/t42-,53+,54+,55+,56+,57+,58+,59+,64+,65-,66-/m1/s1. The number of H-pyrrole nitrogens is 1. The number of amides is 17. The lowest BCUT2D eigenvalue weighted by Crippen LogP contribution is -2.64. The number of para-hydroxylation sites is 1. The SMILES string of the molecule is CC(=O)NCCCC[C@H](NC(=O)C(C)(C)NC(=O)[C@H](Cc1ccc2ccccc2c1)NC(=O)[C@H](Cc1ccc(OCCN)cc1)NC(=O)[C@@H](NC(=O)[C@H](CCC(N)=O)NC(=O)[C@H](Cc1c[nH]c2ccccc12)NC(=O)[C@@H](NC(=O)[C@H](CCC(N)=O)NC(=O)[C@@H](NC(C)=O)C(C)(C)S)[C@@H](C)O)C(C)(C)S)C(=O)N[C@@H](CC(N)=O)C(=O)NCCC(N)=O. The molecule has 1 heterocycles. The molecular formula is C80H113N19O19S2. The van der Waals surface area contributed by atoms with Crippen molar-refractivity contribution >= 4 is 147 Å². The van der Waals surface area contributed by atoms with Crippen LogP contribution in [-0.4, -0.2) is 218 Å². The van der Waals surface area contributed by atoms with Crippen molar-refractivity contribution in [3.63, 3.8) is 0 Å². The lowest BCUT2D eigenvalue weighted by molar-refractivity contribution is -0.138. The minimum atomic E-state index is -1.97. The minimum absolute atomic E-state index is 0.127. The molecule has 0 aliphatic rings. The van der Waals surface area contributed by atoms with Crippen LogP contribution in [0, 0.1) is 0 Å². The van der Waals surface area contributed by atoms with Crippen LogP contribution in [0.1, 0.15) is 137 Å². The number of thiol groups is 2. The van der Waals surface area contributed by atoms with Crippen molar-refractivity contribution in [2.24, 2.45) is 28.7 Å². The van der Waals surface area contributed by atoms with Crippen LogP contribution in [0.2, 0.25) is 0 Å². The maximum Gasteiger partial charge on any atom is 0.245 e. The summed E-state index contributed by atoms with van der Waals surface area (Å²) in [6.07, 6.45) is -3.88. The van der Waals surface area contributed by atoms with Crippen molar-refractivity contribution in [3.8, 4) is 5.75 Å². The largest absolute Gasteiger partial charge is 0.492 e. The third-order valence-corrected chi connectivity index (χ3v) is 19.4. The summed E-state index contributed by atoms with van der Waals surface area (Å²) in [5, 5.41) is 46.5. The summed E-state index contributed by atoms with van der Waals surface area (Å²) in [4.78, 5) is 236. The number of hydrogen-bond donors (Lipinski definition) is 22. The molecule has 40 heteroatoms. The summed E-state index contributed by atoms with van der Waals surface area (Å²) in [7, 11) is 0. The number of benzene rings is 4. The fourth-order valence-corrected chi connectivity index (χ4v) is 12.8. The zero-order chi connectivity index (χ0) is 89.5. The van der Waals surface area contributed by atoms with Crippen LogP contribution in [0.15, 0.2) is 97.2 Å². The molecule has 0 unspecified atom stereocenters. The molecule has 25 N–H and O–H groups in total. The van der Waals surface area contributed by atoms with E-state index in [1.807, 2.05) is 18.2 Å². The van der Waals surface area contributed by atoms with E-state index in [2.05, 4.69) is 86.7 Å². The highest BCUT2D eigenvalue weighted by molar-refractivity contribution is 7.82. The van der Waals surface area contributed by atoms with Crippen molar-refractivity contribution in [2.75, 3.05) is 26.2 Å². The van der Waals surface area contributed by atoms with Crippen LogP contribution >= 0.6 is 25.3 Å². The van der Waals surface area contributed by atoms with E-state index >= 15 is 24.0 Å². The van der Waals surface area contributed by atoms with Crippen LogP contribution in [0.4, 0.5) is 0 Å². The van der Waals surface area contributed by atoms with E-state index in [-0.39, 0.29) is 70.7 Å². The van der Waals surface area contributed by atoms with E-state index in [0.29, 0.717) is 39.8 Å². The number of hydrogen-bond acceptors (Lipinski definition) is 22. The smallest absolute Gasteiger partial charge is 0.245 e. The summed E-state index contributed by atoms with van der Waals surface area (Å²) in [6, 6.07) is 9.07. The number of ether oxygens (including phenoxy) is 1. The molecule has 5 rings (SSSR count). The monoisotopic (exact) mass is 1710 g/mol. The molecule has 0 aliphatic heterocycles. The number of aromatic nitrogens is 1. The normalized spacial score (nSPS) is 14.2. The molecule has 0 bridgehead atoms. The first-order valence-electron chi connectivity index (χ1n) is 38.8.